The van der Waals surface area contributed by atoms with E-state index >= 15 is 0 Å². The Morgan fingerprint density at radius 3 is 2.96 bits per heavy atom. The van der Waals surface area contributed by atoms with Crippen LogP contribution in [-0.4, -0.2) is 47.1 Å². The van der Waals surface area contributed by atoms with E-state index in [1.165, 1.54) is 19.3 Å². The molecule has 1 aliphatic rings. The Morgan fingerprint density at radius 2 is 2.15 bits per heavy atom. The molecule has 0 spiro atoms. The Bertz CT molecular complexity index is 829. The normalized spacial score (nSPS) is 18.3. The van der Waals surface area contributed by atoms with Crippen LogP contribution in [0, 0.1) is 6.92 Å². The van der Waals surface area contributed by atoms with Crippen molar-refractivity contribution in [3.63, 3.8) is 0 Å². The highest BCUT2D eigenvalue weighted by molar-refractivity contribution is 5.45. The summed E-state index contributed by atoms with van der Waals surface area (Å²) in [6, 6.07) is 0.525. The van der Waals surface area contributed by atoms with Crippen molar-refractivity contribution in [3.05, 3.63) is 42.7 Å². The Hall–Kier alpha value is -2.61. The van der Waals surface area contributed by atoms with Gasteiger partial charge in [0.1, 0.15) is 11.5 Å². The van der Waals surface area contributed by atoms with Gasteiger partial charge in [0.25, 0.3) is 0 Å². The molecular formula is C18H23N7O. The van der Waals surface area contributed by atoms with Gasteiger partial charge < -0.3 is 9.09 Å². The second kappa shape index (κ2) is 7.74. The molecule has 1 saturated heterocycles. The molecule has 1 aliphatic heterocycles. The Balaban J connectivity index is 1.40. The van der Waals surface area contributed by atoms with Crippen molar-refractivity contribution in [2.24, 2.45) is 0 Å². The summed E-state index contributed by atoms with van der Waals surface area (Å²) in [5.41, 5.74) is 0.633. The number of aromatic nitrogens is 6. The van der Waals surface area contributed by atoms with Crippen LogP contribution in [0.15, 0.2) is 35.5 Å². The summed E-state index contributed by atoms with van der Waals surface area (Å²) in [7, 11) is 0. The number of hydrogen-bond donors (Lipinski definition) is 0. The fourth-order valence-electron chi connectivity index (χ4n) is 3.53. The molecule has 8 heteroatoms. The lowest BCUT2D eigenvalue weighted by Crippen LogP contribution is -2.39. The van der Waals surface area contributed by atoms with Crippen molar-refractivity contribution in [2.45, 2.75) is 51.7 Å². The van der Waals surface area contributed by atoms with Crippen molar-refractivity contribution in [1.82, 2.24) is 34.6 Å². The van der Waals surface area contributed by atoms with Gasteiger partial charge in [-0.15, -0.1) is 0 Å². The fraction of sp³-hybridized carbons (Fsp3) is 0.500. The minimum atomic E-state index is 0.496. The van der Waals surface area contributed by atoms with Crippen LogP contribution < -0.4 is 0 Å². The number of aryl methyl sites for hydroxylation is 2. The number of hydrogen-bond acceptors (Lipinski definition) is 7. The van der Waals surface area contributed by atoms with E-state index in [0.29, 0.717) is 30.0 Å². The van der Waals surface area contributed by atoms with E-state index in [1.807, 2.05) is 19.3 Å². The molecule has 0 amide bonds. The molecule has 1 unspecified atom stereocenters. The van der Waals surface area contributed by atoms with E-state index in [0.717, 1.165) is 25.3 Å². The highest BCUT2D eigenvalue weighted by atomic mass is 16.5. The lowest BCUT2D eigenvalue weighted by atomic mass is 9.99. The second-order valence-corrected chi connectivity index (χ2v) is 6.68. The maximum absolute atomic E-state index is 5.45. The van der Waals surface area contributed by atoms with E-state index in [-0.39, 0.29) is 0 Å². The van der Waals surface area contributed by atoms with Gasteiger partial charge in [0.2, 0.25) is 11.7 Å². The van der Waals surface area contributed by atoms with E-state index in [9.17, 15) is 0 Å². The zero-order valence-corrected chi connectivity index (χ0v) is 15.0. The maximum Gasteiger partial charge on any atom is 0.241 e. The molecule has 4 rings (SSSR count). The zero-order chi connectivity index (χ0) is 17.8. The van der Waals surface area contributed by atoms with Crippen LogP contribution >= 0.6 is 0 Å². The van der Waals surface area contributed by atoms with Crippen molar-refractivity contribution < 1.29 is 4.52 Å². The highest BCUT2D eigenvalue weighted by Crippen LogP contribution is 2.23. The van der Waals surface area contributed by atoms with Gasteiger partial charge in [-0.25, -0.2) is 9.97 Å². The molecule has 1 fully saturated rings. The first-order valence-corrected chi connectivity index (χ1v) is 9.10. The van der Waals surface area contributed by atoms with Gasteiger partial charge in [0.05, 0.1) is 12.7 Å². The lowest BCUT2D eigenvalue weighted by Gasteiger charge is -2.34. The van der Waals surface area contributed by atoms with Gasteiger partial charge in [0.15, 0.2) is 0 Å². The predicted molar refractivity (Wildman–Crippen MR) is 95.0 cm³/mol. The number of likely N-dealkylation sites (tertiary alicyclic amines) is 1. The van der Waals surface area contributed by atoms with Crippen LogP contribution in [0.1, 0.15) is 37.4 Å². The number of imidazole rings is 1. The molecule has 0 aliphatic carbocycles. The molecule has 0 saturated carbocycles. The number of rotatable bonds is 6. The summed E-state index contributed by atoms with van der Waals surface area (Å²) in [5, 5.41) is 4.05. The molecule has 0 bridgehead atoms. The smallest absolute Gasteiger partial charge is 0.241 e. The largest absolute Gasteiger partial charge is 0.337 e. The lowest BCUT2D eigenvalue weighted by molar-refractivity contribution is 0.113. The Morgan fingerprint density at radius 1 is 1.19 bits per heavy atom. The van der Waals surface area contributed by atoms with Gasteiger partial charge in [-0.2, -0.15) is 4.98 Å². The number of nitrogens with zero attached hydrogens (tertiary/aromatic N) is 7. The highest BCUT2D eigenvalue weighted by Gasteiger charge is 2.24. The zero-order valence-electron chi connectivity index (χ0n) is 15.0. The molecule has 3 aromatic heterocycles. The molecular weight excluding hydrogens is 330 g/mol. The molecule has 0 N–H and O–H groups in total. The van der Waals surface area contributed by atoms with E-state index in [2.05, 4.69) is 34.6 Å². The van der Waals surface area contributed by atoms with E-state index in [4.69, 9.17) is 4.52 Å². The molecule has 3 aromatic rings. The van der Waals surface area contributed by atoms with Crippen molar-refractivity contribution in [3.8, 4) is 11.5 Å². The molecule has 136 valence electrons. The van der Waals surface area contributed by atoms with E-state index < -0.39 is 0 Å². The summed E-state index contributed by atoms with van der Waals surface area (Å²) in [6.45, 7) is 4.78. The third-order valence-electron chi connectivity index (χ3n) is 4.97. The first-order chi connectivity index (χ1) is 12.8. The van der Waals surface area contributed by atoms with Crippen LogP contribution in [-0.2, 0) is 13.1 Å². The Kier molecular flexibility index (Phi) is 5.01. The number of piperidine rings is 1. The molecule has 26 heavy (non-hydrogen) atoms. The molecule has 4 heterocycles. The van der Waals surface area contributed by atoms with Gasteiger partial charge in [-0.05, 0) is 32.7 Å². The average molecular weight is 353 g/mol. The summed E-state index contributed by atoms with van der Waals surface area (Å²) in [6.07, 6.45) is 13.6. The van der Waals surface area contributed by atoms with Crippen LogP contribution in [0.25, 0.3) is 11.5 Å². The summed E-state index contributed by atoms with van der Waals surface area (Å²) < 4.78 is 7.67. The summed E-state index contributed by atoms with van der Waals surface area (Å²) in [5.74, 6) is 2.20. The van der Waals surface area contributed by atoms with Crippen LogP contribution in [0.3, 0.4) is 0 Å². The molecule has 0 aromatic carbocycles. The maximum atomic E-state index is 5.45. The predicted octanol–water partition coefficient (Wildman–Crippen LogP) is 2.48. The average Bonchev–Trinajstić information content (AvgIpc) is 3.31. The van der Waals surface area contributed by atoms with Crippen molar-refractivity contribution >= 4 is 0 Å². The fourth-order valence-corrected chi connectivity index (χ4v) is 3.53. The van der Waals surface area contributed by atoms with Crippen molar-refractivity contribution in [2.75, 3.05) is 6.54 Å². The monoisotopic (exact) mass is 353 g/mol. The van der Waals surface area contributed by atoms with Crippen LogP contribution in [0.2, 0.25) is 0 Å². The quantitative estimate of drug-likeness (QED) is 0.673. The molecule has 0 radical (unpaired) electrons. The third kappa shape index (κ3) is 3.80. The molecule has 1 atom stereocenters. The Labute approximate surface area is 152 Å². The minimum absolute atomic E-state index is 0.496. The van der Waals surface area contributed by atoms with E-state index in [1.54, 1.807) is 18.6 Å². The van der Waals surface area contributed by atoms with Crippen LogP contribution in [0.5, 0.6) is 0 Å². The van der Waals surface area contributed by atoms with Gasteiger partial charge >= 0.3 is 0 Å². The van der Waals surface area contributed by atoms with Gasteiger partial charge in [-0.1, -0.05) is 11.6 Å². The second-order valence-electron chi connectivity index (χ2n) is 6.68. The van der Waals surface area contributed by atoms with Crippen molar-refractivity contribution in [1.29, 1.82) is 0 Å². The minimum Gasteiger partial charge on any atom is -0.337 e. The third-order valence-corrected chi connectivity index (χ3v) is 4.97. The first-order valence-electron chi connectivity index (χ1n) is 9.10. The molecule has 8 nitrogen and oxygen atoms in total. The topological polar surface area (TPSA) is 85.8 Å². The van der Waals surface area contributed by atoms with Gasteiger partial charge in [0, 0.05) is 37.4 Å². The van der Waals surface area contributed by atoms with Crippen LogP contribution in [0.4, 0.5) is 0 Å². The van der Waals surface area contributed by atoms with Gasteiger partial charge in [-0.3, -0.25) is 9.88 Å². The summed E-state index contributed by atoms with van der Waals surface area (Å²) >= 11 is 0. The standard InChI is InChI=1S/C18H23N7O/c1-14-20-8-11-24(14)10-5-15-4-2-3-9-25(15)13-17-22-18(23-26-17)16-12-19-6-7-21-16/h6-8,11-12,15H,2-5,9-10,13H2,1H3. The first kappa shape index (κ1) is 16.8. The SMILES string of the molecule is Cc1nccn1CCC1CCCCN1Cc1nc(-c2cnccn2)no1. The summed E-state index contributed by atoms with van der Waals surface area (Å²) in [4.78, 5) is 19.5.